The maximum Gasteiger partial charge on any atom is 0.267 e. The van der Waals surface area contributed by atoms with E-state index in [-0.39, 0.29) is 11.7 Å². The summed E-state index contributed by atoms with van der Waals surface area (Å²) in [5.41, 5.74) is 1.76. The molecule has 0 aromatic heterocycles. The van der Waals surface area contributed by atoms with Crippen molar-refractivity contribution in [1.82, 2.24) is 10.4 Å². The smallest absolute Gasteiger partial charge is 0.267 e. The van der Waals surface area contributed by atoms with Crippen LogP contribution in [0.5, 0.6) is 5.75 Å². The number of nitrogens with one attached hydrogen (secondary N) is 1. The lowest BCUT2D eigenvalue weighted by Crippen LogP contribution is -2.51. The van der Waals surface area contributed by atoms with Crippen molar-refractivity contribution in [1.29, 1.82) is 0 Å². The Morgan fingerprint density at radius 1 is 1.33 bits per heavy atom. The van der Waals surface area contributed by atoms with Crippen LogP contribution in [-0.4, -0.2) is 46.4 Å². The van der Waals surface area contributed by atoms with Crippen LogP contribution in [0.15, 0.2) is 24.3 Å². The van der Waals surface area contributed by atoms with Crippen LogP contribution in [-0.2, 0) is 9.59 Å². The minimum atomic E-state index is -0.890. The van der Waals surface area contributed by atoms with Crippen LogP contribution >= 0.6 is 0 Å². The van der Waals surface area contributed by atoms with Gasteiger partial charge in [-0.3, -0.25) is 19.6 Å². The summed E-state index contributed by atoms with van der Waals surface area (Å²) in [5, 5.41) is 8.48. The highest BCUT2D eigenvalue weighted by Gasteiger charge is 2.49. The average Bonchev–Trinajstić information content (AvgIpc) is 2.85. The zero-order valence-corrected chi connectivity index (χ0v) is 13.2. The number of piperidine rings is 1. The first-order chi connectivity index (χ1) is 11.4. The van der Waals surface area contributed by atoms with Crippen molar-refractivity contribution in [3.63, 3.8) is 0 Å². The molecule has 1 spiro atoms. The lowest BCUT2D eigenvalue weighted by Gasteiger charge is -2.36. The van der Waals surface area contributed by atoms with Gasteiger partial charge in [0.05, 0.1) is 5.56 Å². The van der Waals surface area contributed by atoms with E-state index < -0.39 is 11.5 Å². The van der Waals surface area contributed by atoms with Crippen molar-refractivity contribution in [3.8, 4) is 5.75 Å². The summed E-state index contributed by atoms with van der Waals surface area (Å²) >= 11 is 0. The Bertz CT molecular complexity index is 732. The molecule has 2 heterocycles. The molecule has 2 aliphatic heterocycles. The molecule has 0 bridgehead atoms. The van der Waals surface area contributed by atoms with E-state index in [4.69, 9.17) is 9.94 Å². The number of amides is 2. The second-order valence-corrected chi connectivity index (χ2v) is 6.00. The molecule has 1 saturated heterocycles. The minimum Gasteiger partial charge on any atom is -0.478 e. The lowest BCUT2D eigenvalue weighted by molar-refractivity contribution is -0.131. The fourth-order valence-electron chi connectivity index (χ4n) is 3.14. The molecular weight excluding hydrogens is 312 g/mol. The maximum absolute atomic E-state index is 12.8. The molecule has 2 amide bonds. The van der Waals surface area contributed by atoms with Gasteiger partial charge in [0.1, 0.15) is 5.75 Å². The summed E-state index contributed by atoms with van der Waals surface area (Å²) in [4.78, 5) is 37.0. The number of rotatable bonds is 2. The molecule has 1 fully saturated rings. The number of likely N-dealkylation sites (tertiary alicyclic amines) is 1. The van der Waals surface area contributed by atoms with Crippen LogP contribution in [0.3, 0.4) is 0 Å². The van der Waals surface area contributed by atoms with E-state index in [1.807, 2.05) is 0 Å². The first-order valence-electron chi connectivity index (χ1n) is 7.71. The van der Waals surface area contributed by atoms with Gasteiger partial charge in [-0.05, 0) is 23.8 Å². The van der Waals surface area contributed by atoms with Gasteiger partial charge in [0.25, 0.3) is 5.91 Å². The number of carbonyl (C=O) groups excluding carboxylic acids is 3. The quantitative estimate of drug-likeness (QED) is 0.482. The van der Waals surface area contributed by atoms with Crippen LogP contribution in [0.1, 0.15) is 35.7 Å². The molecule has 7 nitrogen and oxygen atoms in total. The summed E-state index contributed by atoms with van der Waals surface area (Å²) in [6.45, 7) is 2.52. The van der Waals surface area contributed by atoms with Crippen molar-refractivity contribution >= 4 is 23.7 Å². The van der Waals surface area contributed by atoms with E-state index in [9.17, 15) is 14.4 Å². The van der Waals surface area contributed by atoms with Crippen molar-refractivity contribution < 1.29 is 24.3 Å². The number of hydroxylamine groups is 1. The molecule has 0 unspecified atom stereocenters. The topological polar surface area (TPSA) is 95.9 Å². The fourth-order valence-corrected chi connectivity index (χ4v) is 3.14. The van der Waals surface area contributed by atoms with Crippen LogP contribution in [0.2, 0.25) is 0 Å². The van der Waals surface area contributed by atoms with E-state index in [1.165, 1.54) is 24.6 Å². The van der Waals surface area contributed by atoms with Crippen LogP contribution < -0.4 is 10.2 Å². The van der Waals surface area contributed by atoms with Crippen LogP contribution in [0.25, 0.3) is 6.08 Å². The van der Waals surface area contributed by atoms with E-state index in [1.54, 1.807) is 23.1 Å². The van der Waals surface area contributed by atoms with Crippen molar-refractivity contribution in [2.45, 2.75) is 25.4 Å². The molecule has 1 aromatic rings. The normalized spacial score (nSPS) is 18.6. The Balaban J connectivity index is 1.80. The summed E-state index contributed by atoms with van der Waals surface area (Å²) in [7, 11) is 0. The number of ether oxygens (including phenoxy) is 1. The Labute approximate surface area is 138 Å². The number of Topliss-reactive ketones (excluding diaryl/α,β-unsaturated/α-hetero) is 1. The average molecular weight is 330 g/mol. The van der Waals surface area contributed by atoms with E-state index in [0.29, 0.717) is 42.8 Å². The molecule has 24 heavy (non-hydrogen) atoms. The zero-order chi connectivity index (χ0) is 17.3. The predicted octanol–water partition coefficient (Wildman–Crippen LogP) is 1.16. The number of fused-ring (bicyclic) bond motifs is 1. The highest BCUT2D eigenvalue weighted by atomic mass is 16.5. The molecule has 0 atom stereocenters. The van der Waals surface area contributed by atoms with Crippen molar-refractivity contribution in [2.75, 3.05) is 13.1 Å². The minimum absolute atomic E-state index is 0.00222. The number of carbonyl (C=O) groups is 3. The predicted molar refractivity (Wildman–Crippen MR) is 84.6 cm³/mol. The third-order valence-electron chi connectivity index (χ3n) is 4.52. The standard InChI is InChI=1S/C17H18N2O5/c1-11(20)19-8-6-17(7-9-19)16(22)13-10-12(2-4-14(13)24-17)3-5-15(21)18-23/h2-5,10,23H,6-9H2,1H3,(H,18,21). The summed E-state index contributed by atoms with van der Waals surface area (Å²) in [5.74, 6) is -0.198. The molecular formula is C17H18N2O5. The van der Waals surface area contributed by atoms with Gasteiger partial charge in [0.15, 0.2) is 5.60 Å². The first-order valence-corrected chi connectivity index (χ1v) is 7.71. The molecule has 3 rings (SSSR count). The second-order valence-electron chi connectivity index (χ2n) is 6.00. The van der Waals surface area contributed by atoms with E-state index in [0.717, 1.165) is 0 Å². The van der Waals surface area contributed by atoms with Gasteiger partial charge in [0.2, 0.25) is 11.7 Å². The number of hydrogen-bond donors (Lipinski definition) is 2. The zero-order valence-electron chi connectivity index (χ0n) is 13.2. The number of nitrogens with zero attached hydrogens (tertiary/aromatic N) is 1. The highest BCUT2D eigenvalue weighted by molar-refractivity contribution is 6.08. The highest BCUT2D eigenvalue weighted by Crippen LogP contribution is 2.41. The molecule has 7 heteroatoms. The van der Waals surface area contributed by atoms with Gasteiger partial charge < -0.3 is 9.64 Å². The molecule has 0 aliphatic carbocycles. The van der Waals surface area contributed by atoms with Gasteiger partial charge in [0, 0.05) is 38.9 Å². The molecule has 126 valence electrons. The monoisotopic (exact) mass is 330 g/mol. The summed E-state index contributed by atoms with van der Waals surface area (Å²) in [6, 6.07) is 5.11. The Kier molecular flexibility index (Phi) is 4.11. The van der Waals surface area contributed by atoms with E-state index in [2.05, 4.69) is 0 Å². The molecule has 0 saturated carbocycles. The van der Waals surface area contributed by atoms with Gasteiger partial charge in [-0.1, -0.05) is 6.07 Å². The number of ketones is 1. The maximum atomic E-state index is 12.8. The van der Waals surface area contributed by atoms with Gasteiger partial charge in [-0.25, -0.2) is 5.48 Å². The fraction of sp³-hybridized carbons (Fsp3) is 0.353. The van der Waals surface area contributed by atoms with Gasteiger partial charge in [-0.15, -0.1) is 0 Å². The molecule has 1 aromatic carbocycles. The van der Waals surface area contributed by atoms with Crippen LogP contribution in [0.4, 0.5) is 0 Å². The SMILES string of the molecule is CC(=O)N1CCC2(CC1)Oc1ccc(C=CC(=O)NO)cc1C2=O. The summed E-state index contributed by atoms with van der Waals surface area (Å²) in [6.07, 6.45) is 3.61. The Morgan fingerprint density at radius 2 is 2.04 bits per heavy atom. The molecule has 2 aliphatic rings. The number of hydrogen-bond acceptors (Lipinski definition) is 5. The molecule has 0 radical (unpaired) electrons. The van der Waals surface area contributed by atoms with E-state index >= 15 is 0 Å². The molecule has 2 N–H and O–H groups in total. The Hall–Kier alpha value is -2.67. The Morgan fingerprint density at radius 3 is 2.67 bits per heavy atom. The summed E-state index contributed by atoms with van der Waals surface area (Å²) < 4.78 is 5.95. The van der Waals surface area contributed by atoms with Crippen molar-refractivity contribution in [3.05, 3.63) is 35.4 Å². The van der Waals surface area contributed by atoms with Crippen LogP contribution in [0, 0.1) is 0 Å². The first kappa shape index (κ1) is 16.2. The lowest BCUT2D eigenvalue weighted by atomic mass is 9.85. The van der Waals surface area contributed by atoms with Gasteiger partial charge >= 0.3 is 0 Å². The van der Waals surface area contributed by atoms with Crippen molar-refractivity contribution in [2.24, 2.45) is 0 Å². The largest absolute Gasteiger partial charge is 0.478 e. The third-order valence-corrected chi connectivity index (χ3v) is 4.52. The van der Waals surface area contributed by atoms with Gasteiger partial charge in [-0.2, -0.15) is 0 Å². The second kappa shape index (κ2) is 6.09. The third kappa shape index (κ3) is 2.78. The number of benzene rings is 1.